The number of fused-ring (bicyclic) bond motifs is 1. The van der Waals surface area contributed by atoms with Crippen LogP contribution in [-0.2, 0) is 6.61 Å². The van der Waals surface area contributed by atoms with E-state index in [1.165, 1.54) is 22.7 Å². The molecule has 3 rings (SSSR count). The van der Waals surface area contributed by atoms with Crippen LogP contribution in [0.25, 0.3) is 5.65 Å². The number of aliphatic hydroxyl groups excluding tert-OH is 2. The number of benzene rings is 1. The number of nitrogens with zero attached hydrogens (tertiary/aromatic N) is 2. The minimum Gasteiger partial charge on any atom is -0.485 e. The molecular formula is C20H20ClF2N3O4. The van der Waals surface area contributed by atoms with E-state index in [4.69, 9.17) is 21.4 Å². The van der Waals surface area contributed by atoms with Crippen molar-refractivity contribution in [3.8, 4) is 5.75 Å². The Kier molecular flexibility index (Phi) is 6.86. The van der Waals surface area contributed by atoms with Gasteiger partial charge < -0.3 is 20.3 Å². The quantitative estimate of drug-likeness (QED) is 0.501. The molecule has 0 aliphatic rings. The third-order valence-electron chi connectivity index (χ3n) is 4.51. The molecular weight excluding hydrogens is 420 g/mol. The van der Waals surface area contributed by atoms with E-state index in [-0.39, 0.29) is 47.3 Å². The number of aliphatic hydroxyl groups is 2. The molecule has 2 heterocycles. The predicted octanol–water partition coefficient (Wildman–Crippen LogP) is 2.63. The van der Waals surface area contributed by atoms with Crippen molar-refractivity contribution in [2.24, 2.45) is 0 Å². The Bertz CT molecular complexity index is 1050. The maximum Gasteiger partial charge on any atom is 0.270 e. The zero-order chi connectivity index (χ0) is 21.8. The highest BCUT2D eigenvalue weighted by molar-refractivity contribution is 6.30. The highest BCUT2D eigenvalue weighted by Crippen LogP contribution is 2.28. The first-order valence-electron chi connectivity index (χ1n) is 9.12. The molecule has 30 heavy (non-hydrogen) atoms. The van der Waals surface area contributed by atoms with Gasteiger partial charge in [-0.1, -0.05) is 17.7 Å². The van der Waals surface area contributed by atoms with E-state index in [9.17, 15) is 18.7 Å². The van der Waals surface area contributed by atoms with Crippen LogP contribution in [0.2, 0.25) is 5.02 Å². The topological polar surface area (TPSA) is 96.1 Å². The Labute approximate surface area is 175 Å². The third-order valence-corrected chi connectivity index (χ3v) is 4.72. The maximum atomic E-state index is 13.9. The molecule has 0 aliphatic heterocycles. The molecule has 0 saturated carbocycles. The van der Waals surface area contributed by atoms with Crippen LogP contribution in [0.15, 0.2) is 30.5 Å². The number of aryl methyl sites for hydroxylation is 1. The summed E-state index contributed by atoms with van der Waals surface area (Å²) >= 11 is 6.16. The Balaban J connectivity index is 1.94. The van der Waals surface area contributed by atoms with Gasteiger partial charge in [0.15, 0.2) is 11.4 Å². The monoisotopic (exact) mass is 439 g/mol. The minimum atomic E-state index is -0.744. The third kappa shape index (κ3) is 4.53. The summed E-state index contributed by atoms with van der Waals surface area (Å²) in [6.45, 7) is 0.667. The molecule has 160 valence electrons. The SMILES string of the molecule is Cc1nc2c(OCc3c(F)cccc3F)cc(Cl)cn2c1C(=O)NC(CO)CCO. The summed E-state index contributed by atoms with van der Waals surface area (Å²) < 4.78 is 34.8. The van der Waals surface area contributed by atoms with E-state index in [0.29, 0.717) is 5.69 Å². The number of halogens is 3. The second kappa shape index (κ2) is 9.38. The van der Waals surface area contributed by atoms with Crippen molar-refractivity contribution in [3.05, 3.63) is 64.1 Å². The van der Waals surface area contributed by atoms with Crippen LogP contribution < -0.4 is 10.1 Å². The van der Waals surface area contributed by atoms with Crippen LogP contribution in [0.1, 0.15) is 28.2 Å². The van der Waals surface area contributed by atoms with Crippen molar-refractivity contribution < 1.29 is 28.5 Å². The Morgan fingerprint density at radius 2 is 2.03 bits per heavy atom. The largest absolute Gasteiger partial charge is 0.485 e. The second-order valence-corrected chi connectivity index (χ2v) is 7.05. The summed E-state index contributed by atoms with van der Waals surface area (Å²) in [5.74, 6) is -1.87. The van der Waals surface area contributed by atoms with E-state index >= 15 is 0 Å². The Hall–Kier alpha value is -2.75. The van der Waals surface area contributed by atoms with E-state index in [1.807, 2.05) is 0 Å². The van der Waals surface area contributed by atoms with Gasteiger partial charge in [-0.3, -0.25) is 9.20 Å². The number of aromatic nitrogens is 2. The fraction of sp³-hybridized carbons (Fsp3) is 0.300. The lowest BCUT2D eigenvalue weighted by Gasteiger charge is -2.15. The van der Waals surface area contributed by atoms with Crippen LogP contribution in [0.5, 0.6) is 5.75 Å². The first-order chi connectivity index (χ1) is 14.3. The number of imidazole rings is 1. The number of hydrogen-bond donors (Lipinski definition) is 3. The predicted molar refractivity (Wildman–Crippen MR) is 106 cm³/mol. The molecule has 1 atom stereocenters. The van der Waals surface area contributed by atoms with Gasteiger partial charge in [0.05, 0.1) is 28.9 Å². The number of pyridine rings is 1. The van der Waals surface area contributed by atoms with Gasteiger partial charge in [0.2, 0.25) is 0 Å². The summed E-state index contributed by atoms with van der Waals surface area (Å²) in [7, 11) is 0. The molecule has 0 saturated heterocycles. The summed E-state index contributed by atoms with van der Waals surface area (Å²) in [5.41, 5.74) is 0.511. The van der Waals surface area contributed by atoms with Crippen molar-refractivity contribution in [1.82, 2.24) is 14.7 Å². The molecule has 1 unspecified atom stereocenters. The molecule has 0 bridgehead atoms. The number of rotatable bonds is 8. The fourth-order valence-corrected chi connectivity index (χ4v) is 3.21. The molecule has 0 fully saturated rings. The minimum absolute atomic E-state index is 0.140. The van der Waals surface area contributed by atoms with E-state index in [0.717, 1.165) is 12.1 Å². The van der Waals surface area contributed by atoms with Gasteiger partial charge in [0, 0.05) is 18.9 Å². The maximum absolute atomic E-state index is 13.9. The zero-order valence-electron chi connectivity index (χ0n) is 16.0. The van der Waals surface area contributed by atoms with Crippen LogP contribution in [0.4, 0.5) is 8.78 Å². The van der Waals surface area contributed by atoms with Crippen LogP contribution in [0.3, 0.4) is 0 Å². The fourth-order valence-electron chi connectivity index (χ4n) is 3.01. The first-order valence-corrected chi connectivity index (χ1v) is 9.50. The number of amides is 1. The van der Waals surface area contributed by atoms with Crippen molar-refractivity contribution in [1.29, 1.82) is 0 Å². The number of carbonyl (C=O) groups excluding carboxylic acids is 1. The molecule has 10 heteroatoms. The van der Waals surface area contributed by atoms with Crippen LogP contribution >= 0.6 is 11.6 Å². The molecule has 0 spiro atoms. The van der Waals surface area contributed by atoms with E-state index in [1.54, 1.807) is 6.92 Å². The summed E-state index contributed by atoms with van der Waals surface area (Å²) in [5, 5.41) is 21.2. The van der Waals surface area contributed by atoms with Gasteiger partial charge in [-0.15, -0.1) is 0 Å². The summed E-state index contributed by atoms with van der Waals surface area (Å²) in [4.78, 5) is 17.1. The standard InChI is InChI=1S/C20H20ClF2N3O4/c1-11-18(20(29)25-13(9-28)5-6-27)26-8-12(21)7-17(19(26)24-11)30-10-14-15(22)3-2-4-16(14)23/h2-4,7-8,13,27-28H,5-6,9-10H2,1H3,(H,25,29). The lowest BCUT2D eigenvalue weighted by Crippen LogP contribution is -2.38. The van der Waals surface area contributed by atoms with Crippen molar-refractivity contribution in [3.63, 3.8) is 0 Å². The van der Waals surface area contributed by atoms with Gasteiger partial charge in [-0.2, -0.15) is 0 Å². The highest BCUT2D eigenvalue weighted by atomic mass is 35.5. The van der Waals surface area contributed by atoms with Crippen molar-refractivity contribution in [2.45, 2.75) is 26.0 Å². The number of nitrogens with one attached hydrogen (secondary N) is 1. The van der Waals surface area contributed by atoms with Crippen molar-refractivity contribution >= 4 is 23.2 Å². The summed E-state index contributed by atoms with van der Waals surface area (Å²) in [6, 6.07) is 4.31. The average molecular weight is 440 g/mol. The van der Waals surface area contributed by atoms with Crippen LogP contribution in [0, 0.1) is 18.6 Å². The van der Waals surface area contributed by atoms with Gasteiger partial charge in [-0.05, 0) is 25.5 Å². The molecule has 2 aromatic heterocycles. The van der Waals surface area contributed by atoms with E-state index < -0.39 is 30.2 Å². The second-order valence-electron chi connectivity index (χ2n) is 6.62. The number of hydrogen-bond acceptors (Lipinski definition) is 5. The normalized spacial score (nSPS) is 12.2. The number of ether oxygens (including phenoxy) is 1. The highest BCUT2D eigenvalue weighted by Gasteiger charge is 2.22. The lowest BCUT2D eigenvalue weighted by atomic mass is 10.2. The Morgan fingerprint density at radius 3 is 2.67 bits per heavy atom. The Morgan fingerprint density at radius 1 is 1.33 bits per heavy atom. The molecule has 0 aliphatic carbocycles. The molecule has 1 amide bonds. The first kappa shape index (κ1) is 21.9. The summed E-state index contributed by atoms with van der Waals surface area (Å²) in [6.07, 6.45) is 1.64. The molecule has 3 aromatic rings. The van der Waals surface area contributed by atoms with Gasteiger partial charge >= 0.3 is 0 Å². The molecule has 7 nitrogen and oxygen atoms in total. The smallest absolute Gasteiger partial charge is 0.270 e. The van der Waals surface area contributed by atoms with E-state index in [2.05, 4.69) is 10.3 Å². The zero-order valence-corrected chi connectivity index (χ0v) is 16.8. The molecule has 3 N–H and O–H groups in total. The van der Waals surface area contributed by atoms with Crippen LogP contribution in [-0.4, -0.2) is 44.8 Å². The molecule has 0 radical (unpaired) electrons. The van der Waals surface area contributed by atoms with Gasteiger partial charge in [0.1, 0.15) is 23.9 Å². The lowest BCUT2D eigenvalue weighted by molar-refractivity contribution is 0.0898. The van der Waals surface area contributed by atoms with Gasteiger partial charge in [-0.25, -0.2) is 13.8 Å². The number of carbonyl (C=O) groups is 1. The van der Waals surface area contributed by atoms with Gasteiger partial charge in [0.25, 0.3) is 5.91 Å². The average Bonchev–Trinajstić information content (AvgIpc) is 3.02. The van der Waals surface area contributed by atoms with Crippen molar-refractivity contribution in [2.75, 3.05) is 13.2 Å². The molecule has 1 aromatic carbocycles.